The average Bonchev–Trinajstić information content (AvgIpc) is 3.08. The Labute approximate surface area is 154 Å². The van der Waals surface area contributed by atoms with Crippen LogP contribution in [-0.2, 0) is 16.1 Å². The summed E-state index contributed by atoms with van der Waals surface area (Å²) in [5.41, 5.74) is 2.83. The Morgan fingerprint density at radius 3 is 2.65 bits per heavy atom. The van der Waals surface area contributed by atoms with Crippen molar-refractivity contribution in [2.75, 3.05) is 23.8 Å². The van der Waals surface area contributed by atoms with E-state index in [1.54, 1.807) is 9.80 Å². The van der Waals surface area contributed by atoms with Gasteiger partial charge in [0.25, 0.3) is 0 Å². The lowest BCUT2D eigenvalue weighted by Gasteiger charge is -2.23. The minimum Gasteiger partial charge on any atom is -0.374 e. The van der Waals surface area contributed by atoms with E-state index in [9.17, 15) is 9.59 Å². The SMILES string of the molecule is C[C@H](Nc1cccc(N2CCCC2=O)c1)C(=O)N(C)Cc1ccccc1. The molecule has 2 aromatic carbocycles. The molecule has 0 bridgehead atoms. The minimum atomic E-state index is -0.353. The summed E-state index contributed by atoms with van der Waals surface area (Å²) in [6.45, 7) is 3.20. The highest BCUT2D eigenvalue weighted by atomic mass is 16.2. The Morgan fingerprint density at radius 2 is 1.96 bits per heavy atom. The van der Waals surface area contributed by atoms with Crippen LogP contribution in [0.3, 0.4) is 0 Å². The summed E-state index contributed by atoms with van der Waals surface area (Å²) in [5, 5.41) is 3.26. The van der Waals surface area contributed by atoms with Gasteiger partial charge in [0.2, 0.25) is 11.8 Å². The Morgan fingerprint density at radius 1 is 1.19 bits per heavy atom. The number of carbonyl (C=O) groups excluding carboxylic acids is 2. The number of hydrogen-bond acceptors (Lipinski definition) is 3. The number of likely N-dealkylation sites (N-methyl/N-ethyl adjacent to an activating group) is 1. The first-order chi connectivity index (χ1) is 12.5. The van der Waals surface area contributed by atoms with E-state index in [0.717, 1.165) is 29.9 Å². The van der Waals surface area contributed by atoms with Crippen molar-refractivity contribution >= 4 is 23.2 Å². The summed E-state index contributed by atoms with van der Waals surface area (Å²) in [6.07, 6.45) is 1.51. The molecule has 0 aliphatic carbocycles. The number of rotatable bonds is 6. The van der Waals surface area contributed by atoms with Crippen molar-refractivity contribution in [2.24, 2.45) is 0 Å². The fraction of sp³-hybridized carbons (Fsp3) is 0.333. The Hall–Kier alpha value is -2.82. The number of hydrogen-bond donors (Lipinski definition) is 1. The third-order valence-electron chi connectivity index (χ3n) is 4.62. The van der Waals surface area contributed by atoms with E-state index in [-0.39, 0.29) is 17.9 Å². The lowest BCUT2D eigenvalue weighted by molar-refractivity contribution is -0.130. The summed E-state index contributed by atoms with van der Waals surface area (Å²) in [4.78, 5) is 28.1. The zero-order valence-corrected chi connectivity index (χ0v) is 15.3. The molecule has 5 nitrogen and oxygen atoms in total. The number of carbonyl (C=O) groups is 2. The van der Waals surface area contributed by atoms with Crippen LogP contribution in [0.1, 0.15) is 25.3 Å². The average molecular weight is 351 g/mol. The number of nitrogens with zero attached hydrogens (tertiary/aromatic N) is 2. The van der Waals surface area contributed by atoms with E-state index in [1.165, 1.54) is 0 Å². The van der Waals surface area contributed by atoms with Crippen LogP contribution in [0.25, 0.3) is 0 Å². The van der Waals surface area contributed by atoms with Gasteiger partial charge in [-0.1, -0.05) is 36.4 Å². The third kappa shape index (κ3) is 4.23. The molecule has 136 valence electrons. The lowest BCUT2D eigenvalue weighted by Crippen LogP contribution is -2.38. The Kier molecular flexibility index (Phi) is 5.56. The zero-order chi connectivity index (χ0) is 18.5. The molecule has 1 heterocycles. The Balaban J connectivity index is 1.62. The predicted molar refractivity (Wildman–Crippen MR) is 104 cm³/mol. The van der Waals surface area contributed by atoms with E-state index in [0.29, 0.717) is 13.0 Å². The van der Waals surface area contributed by atoms with Crippen LogP contribution in [-0.4, -0.2) is 36.3 Å². The quantitative estimate of drug-likeness (QED) is 0.869. The highest BCUT2D eigenvalue weighted by Crippen LogP contribution is 2.24. The fourth-order valence-corrected chi connectivity index (χ4v) is 3.26. The van der Waals surface area contributed by atoms with E-state index >= 15 is 0 Å². The first-order valence-electron chi connectivity index (χ1n) is 9.00. The van der Waals surface area contributed by atoms with Crippen LogP contribution in [0.15, 0.2) is 54.6 Å². The molecule has 2 amide bonds. The Bertz CT molecular complexity index is 776. The fourth-order valence-electron chi connectivity index (χ4n) is 3.26. The molecule has 0 radical (unpaired) electrons. The second-order valence-corrected chi connectivity index (χ2v) is 6.75. The van der Waals surface area contributed by atoms with Gasteiger partial charge in [-0.3, -0.25) is 9.59 Å². The molecule has 3 rings (SSSR count). The predicted octanol–water partition coefficient (Wildman–Crippen LogP) is 3.27. The summed E-state index contributed by atoms with van der Waals surface area (Å²) in [6, 6.07) is 17.3. The van der Waals surface area contributed by atoms with Gasteiger partial charge in [-0.15, -0.1) is 0 Å². The largest absolute Gasteiger partial charge is 0.374 e. The van der Waals surface area contributed by atoms with Crippen LogP contribution in [0, 0.1) is 0 Å². The number of nitrogens with one attached hydrogen (secondary N) is 1. The standard InChI is InChI=1S/C21H25N3O2/c1-16(21(26)23(2)15-17-8-4-3-5-9-17)22-18-10-6-11-19(14-18)24-13-7-12-20(24)25/h3-6,8-11,14,16,22H,7,12-13,15H2,1-2H3/t16-/m0/s1. The van der Waals surface area contributed by atoms with Crippen molar-refractivity contribution in [3.05, 3.63) is 60.2 Å². The number of benzene rings is 2. The first kappa shape index (κ1) is 18.0. The van der Waals surface area contributed by atoms with Gasteiger partial charge in [0.15, 0.2) is 0 Å². The monoisotopic (exact) mass is 351 g/mol. The second kappa shape index (κ2) is 8.04. The summed E-state index contributed by atoms with van der Waals surface area (Å²) in [7, 11) is 1.81. The van der Waals surface area contributed by atoms with Crippen LogP contribution in [0.4, 0.5) is 11.4 Å². The van der Waals surface area contributed by atoms with Gasteiger partial charge in [0.1, 0.15) is 6.04 Å². The maximum Gasteiger partial charge on any atom is 0.244 e. The molecule has 0 saturated carbocycles. The van der Waals surface area contributed by atoms with Crippen molar-refractivity contribution in [2.45, 2.75) is 32.4 Å². The topological polar surface area (TPSA) is 52.7 Å². The molecule has 1 aliphatic heterocycles. The van der Waals surface area contributed by atoms with Crippen LogP contribution in [0.5, 0.6) is 0 Å². The van der Waals surface area contributed by atoms with Gasteiger partial charge >= 0.3 is 0 Å². The summed E-state index contributed by atoms with van der Waals surface area (Å²) < 4.78 is 0. The van der Waals surface area contributed by atoms with E-state index in [4.69, 9.17) is 0 Å². The highest BCUT2D eigenvalue weighted by Gasteiger charge is 2.22. The van der Waals surface area contributed by atoms with Crippen molar-refractivity contribution in [1.82, 2.24) is 4.90 Å². The smallest absolute Gasteiger partial charge is 0.244 e. The molecule has 0 spiro atoms. The van der Waals surface area contributed by atoms with Crippen molar-refractivity contribution in [1.29, 1.82) is 0 Å². The van der Waals surface area contributed by atoms with Gasteiger partial charge < -0.3 is 15.1 Å². The van der Waals surface area contributed by atoms with Gasteiger partial charge in [-0.2, -0.15) is 0 Å². The highest BCUT2D eigenvalue weighted by molar-refractivity contribution is 5.95. The summed E-state index contributed by atoms with van der Waals surface area (Å²) >= 11 is 0. The maximum atomic E-state index is 12.6. The number of amides is 2. The minimum absolute atomic E-state index is 0.0245. The molecule has 0 unspecified atom stereocenters. The van der Waals surface area contributed by atoms with Gasteiger partial charge in [0, 0.05) is 37.9 Å². The molecule has 1 aliphatic rings. The van der Waals surface area contributed by atoms with Gasteiger partial charge in [-0.25, -0.2) is 0 Å². The van der Waals surface area contributed by atoms with Gasteiger partial charge in [-0.05, 0) is 37.1 Å². The first-order valence-corrected chi connectivity index (χ1v) is 9.00. The molecular weight excluding hydrogens is 326 g/mol. The van der Waals surface area contributed by atoms with Crippen molar-refractivity contribution < 1.29 is 9.59 Å². The molecule has 26 heavy (non-hydrogen) atoms. The van der Waals surface area contributed by atoms with E-state index in [2.05, 4.69) is 5.32 Å². The van der Waals surface area contributed by atoms with E-state index in [1.807, 2.05) is 68.6 Å². The molecule has 5 heteroatoms. The molecule has 2 aromatic rings. The maximum absolute atomic E-state index is 12.6. The van der Waals surface area contributed by atoms with Crippen molar-refractivity contribution in [3.63, 3.8) is 0 Å². The molecule has 0 aromatic heterocycles. The molecule has 1 atom stereocenters. The second-order valence-electron chi connectivity index (χ2n) is 6.75. The zero-order valence-electron chi connectivity index (χ0n) is 15.3. The normalized spacial score (nSPS) is 15.0. The molecule has 1 N–H and O–H groups in total. The number of anilines is 2. The molecule has 1 saturated heterocycles. The lowest BCUT2D eigenvalue weighted by atomic mass is 10.2. The van der Waals surface area contributed by atoms with Crippen LogP contribution >= 0.6 is 0 Å². The van der Waals surface area contributed by atoms with Gasteiger partial charge in [0.05, 0.1) is 0 Å². The molecular formula is C21H25N3O2. The summed E-state index contributed by atoms with van der Waals surface area (Å²) in [5.74, 6) is 0.186. The third-order valence-corrected chi connectivity index (χ3v) is 4.62. The molecule has 1 fully saturated rings. The van der Waals surface area contributed by atoms with Crippen LogP contribution in [0.2, 0.25) is 0 Å². The van der Waals surface area contributed by atoms with E-state index < -0.39 is 0 Å². The van der Waals surface area contributed by atoms with Crippen molar-refractivity contribution in [3.8, 4) is 0 Å². The van der Waals surface area contributed by atoms with Crippen LogP contribution < -0.4 is 10.2 Å².